The maximum atomic E-state index is 9.60. The molecule has 0 radical (unpaired) electrons. The minimum atomic E-state index is -0.318. The molecule has 1 rings (SSSR count). The lowest BCUT2D eigenvalue weighted by molar-refractivity contribution is -0.139. The summed E-state index contributed by atoms with van der Waals surface area (Å²) in [6.45, 7) is 13.2. The number of nitrogens with one attached hydrogen (secondary N) is 1. The molecule has 6 nitrogen and oxygen atoms in total. The highest BCUT2D eigenvalue weighted by atomic mass is 16.5. The standard InChI is InChI=1S/C6H13NO.2C5H10O2/c8-5-6-3-1-2-4-7-6;2*1-5(2,3)7-4-6/h6-8H,1-5H2;2*4H,1-3H3/t6-;;/m0../s1. The van der Waals surface area contributed by atoms with E-state index in [-0.39, 0.29) is 11.2 Å². The molecular weight excluding hydrogens is 286 g/mol. The van der Waals surface area contributed by atoms with Crippen LogP contribution in [0.25, 0.3) is 0 Å². The van der Waals surface area contributed by atoms with Crippen LogP contribution in [0.5, 0.6) is 0 Å². The number of piperidine rings is 1. The second kappa shape index (κ2) is 12.4. The van der Waals surface area contributed by atoms with Crippen LogP contribution in [0, 0.1) is 0 Å². The molecule has 22 heavy (non-hydrogen) atoms. The Bertz CT molecular complexity index is 255. The van der Waals surface area contributed by atoms with Crippen molar-refractivity contribution in [2.45, 2.75) is 78.0 Å². The highest BCUT2D eigenvalue weighted by Gasteiger charge is 2.09. The van der Waals surface area contributed by atoms with Gasteiger partial charge in [-0.25, -0.2) is 0 Å². The lowest BCUT2D eigenvalue weighted by Crippen LogP contribution is -2.36. The predicted molar refractivity (Wildman–Crippen MR) is 86.5 cm³/mol. The third kappa shape index (κ3) is 21.2. The van der Waals surface area contributed by atoms with E-state index in [1.807, 2.05) is 41.5 Å². The number of hydrogen-bond donors (Lipinski definition) is 2. The monoisotopic (exact) mass is 319 g/mol. The van der Waals surface area contributed by atoms with Crippen LogP contribution in [-0.2, 0) is 19.1 Å². The van der Waals surface area contributed by atoms with E-state index in [9.17, 15) is 9.59 Å². The molecule has 0 aromatic rings. The van der Waals surface area contributed by atoms with Crippen LogP contribution in [0.4, 0.5) is 0 Å². The zero-order valence-corrected chi connectivity index (χ0v) is 14.8. The van der Waals surface area contributed by atoms with Crippen LogP contribution in [0.2, 0.25) is 0 Å². The maximum absolute atomic E-state index is 9.60. The first-order valence-corrected chi connectivity index (χ1v) is 7.63. The molecular formula is C16H33NO5. The highest BCUT2D eigenvalue weighted by Crippen LogP contribution is 2.05. The minimum absolute atomic E-state index is 0.306. The van der Waals surface area contributed by atoms with Gasteiger partial charge in [0.05, 0.1) is 6.61 Å². The van der Waals surface area contributed by atoms with E-state index >= 15 is 0 Å². The van der Waals surface area contributed by atoms with Crippen LogP contribution in [0.1, 0.15) is 60.8 Å². The van der Waals surface area contributed by atoms with Gasteiger partial charge >= 0.3 is 0 Å². The summed E-state index contributed by atoms with van der Waals surface area (Å²) in [5.41, 5.74) is -0.635. The summed E-state index contributed by atoms with van der Waals surface area (Å²) < 4.78 is 9.10. The number of aliphatic hydroxyl groups excluding tert-OH is 1. The summed E-state index contributed by atoms with van der Waals surface area (Å²) in [4.78, 5) is 19.2. The highest BCUT2D eigenvalue weighted by molar-refractivity contribution is 5.38. The number of carbonyl (C=O) groups is 2. The summed E-state index contributed by atoms with van der Waals surface area (Å²) in [7, 11) is 0. The molecule has 1 aliphatic heterocycles. The Labute approximate surface area is 134 Å². The normalized spacial score (nSPS) is 17.9. The van der Waals surface area contributed by atoms with Gasteiger partial charge in [-0.3, -0.25) is 9.59 Å². The molecule has 6 heteroatoms. The Kier molecular flexibility index (Phi) is 13.0. The summed E-state index contributed by atoms with van der Waals surface area (Å²) in [5.74, 6) is 0. The van der Waals surface area contributed by atoms with Gasteiger partial charge in [0.1, 0.15) is 11.2 Å². The largest absolute Gasteiger partial charge is 0.462 e. The molecule has 1 aliphatic rings. The van der Waals surface area contributed by atoms with Gasteiger partial charge in [-0.1, -0.05) is 6.42 Å². The Morgan fingerprint density at radius 3 is 1.59 bits per heavy atom. The van der Waals surface area contributed by atoms with Gasteiger partial charge in [0.25, 0.3) is 12.9 Å². The van der Waals surface area contributed by atoms with E-state index in [0.717, 1.165) is 13.0 Å². The smallest absolute Gasteiger partial charge is 0.293 e. The van der Waals surface area contributed by atoms with Gasteiger partial charge in [0.2, 0.25) is 0 Å². The molecule has 0 amide bonds. The second-order valence-electron chi connectivity index (χ2n) is 6.98. The molecule has 1 heterocycles. The molecule has 0 saturated carbocycles. The molecule has 0 unspecified atom stereocenters. The molecule has 1 fully saturated rings. The molecule has 0 aromatic carbocycles. The van der Waals surface area contributed by atoms with Crippen molar-refractivity contribution in [2.75, 3.05) is 13.2 Å². The summed E-state index contributed by atoms with van der Waals surface area (Å²) >= 11 is 0. The Morgan fingerprint density at radius 2 is 1.45 bits per heavy atom. The van der Waals surface area contributed by atoms with Crippen LogP contribution in [-0.4, -0.2) is 48.4 Å². The lowest BCUT2D eigenvalue weighted by atomic mass is 10.1. The first-order chi connectivity index (χ1) is 10.1. The van der Waals surface area contributed by atoms with Crippen molar-refractivity contribution in [3.63, 3.8) is 0 Å². The Balaban J connectivity index is 0. The summed E-state index contributed by atoms with van der Waals surface area (Å²) in [5, 5.41) is 11.8. The third-order valence-electron chi connectivity index (χ3n) is 2.44. The van der Waals surface area contributed by atoms with E-state index in [0.29, 0.717) is 25.6 Å². The van der Waals surface area contributed by atoms with Crippen molar-refractivity contribution in [2.24, 2.45) is 0 Å². The zero-order chi connectivity index (χ0) is 17.6. The van der Waals surface area contributed by atoms with Crippen LogP contribution in [0.3, 0.4) is 0 Å². The third-order valence-corrected chi connectivity index (χ3v) is 2.44. The van der Waals surface area contributed by atoms with Crippen molar-refractivity contribution in [1.82, 2.24) is 5.32 Å². The van der Waals surface area contributed by atoms with Gasteiger partial charge < -0.3 is 19.9 Å². The first kappa shape index (κ1) is 23.1. The Hall–Kier alpha value is -1.14. The SMILES string of the molecule is CC(C)(C)OC=O.CC(C)(C)OC=O.OC[C@@H]1CCCCN1. The maximum Gasteiger partial charge on any atom is 0.293 e. The van der Waals surface area contributed by atoms with Crippen molar-refractivity contribution in [3.05, 3.63) is 0 Å². The number of ether oxygens (including phenoxy) is 2. The fraction of sp³-hybridized carbons (Fsp3) is 0.875. The predicted octanol–water partition coefficient (Wildman–Crippen LogP) is 2.04. The summed E-state index contributed by atoms with van der Waals surface area (Å²) in [6.07, 6.45) is 3.70. The van der Waals surface area contributed by atoms with E-state index in [1.54, 1.807) is 0 Å². The van der Waals surface area contributed by atoms with Crippen molar-refractivity contribution < 1.29 is 24.2 Å². The first-order valence-electron chi connectivity index (χ1n) is 7.63. The van der Waals surface area contributed by atoms with Crippen LogP contribution in [0.15, 0.2) is 0 Å². The average Bonchev–Trinajstić information content (AvgIpc) is 2.38. The van der Waals surface area contributed by atoms with E-state index < -0.39 is 0 Å². The van der Waals surface area contributed by atoms with E-state index in [2.05, 4.69) is 14.8 Å². The van der Waals surface area contributed by atoms with Crippen molar-refractivity contribution in [3.8, 4) is 0 Å². The fourth-order valence-electron chi connectivity index (χ4n) is 1.37. The Morgan fingerprint density at radius 1 is 1.00 bits per heavy atom. The van der Waals surface area contributed by atoms with Crippen molar-refractivity contribution in [1.29, 1.82) is 0 Å². The summed E-state index contributed by atoms with van der Waals surface area (Å²) in [6, 6.07) is 0.392. The van der Waals surface area contributed by atoms with E-state index in [1.165, 1.54) is 12.8 Å². The molecule has 132 valence electrons. The minimum Gasteiger partial charge on any atom is -0.462 e. The zero-order valence-electron chi connectivity index (χ0n) is 14.8. The fourth-order valence-corrected chi connectivity index (χ4v) is 1.37. The molecule has 0 bridgehead atoms. The molecule has 0 aliphatic carbocycles. The molecule has 1 atom stereocenters. The molecule has 0 aromatic heterocycles. The van der Waals surface area contributed by atoms with Gasteiger partial charge in [0, 0.05) is 6.04 Å². The van der Waals surface area contributed by atoms with Crippen LogP contribution < -0.4 is 5.32 Å². The molecule has 0 spiro atoms. The number of aliphatic hydroxyl groups is 1. The van der Waals surface area contributed by atoms with Crippen molar-refractivity contribution >= 4 is 12.9 Å². The lowest BCUT2D eigenvalue weighted by Gasteiger charge is -2.20. The van der Waals surface area contributed by atoms with Gasteiger partial charge in [-0.05, 0) is 60.9 Å². The second-order valence-corrected chi connectivity index (χ2v) is 6.98. The van der Waals surface area contributed by atoms with E-state index in [4.69, 9.17) is 5.11 Å². The number of hydrogen-bond acceptors (Lipinski definition) is 6. The average molecular weight is 319 g/mol. The van der Waals surface area contributed by atoms with Crippen LogP contribution >= 0.6 is 0 Å². The molecule has 2 N–H and O–H groups in total. The molecule has 1 saturated heterocycles. The quantitative estimate of drug-likeness (QED) is 0.774. The number of carbonyl (C=O) groups excluding carboxylic acids is 2. The topological polar surface area (TPSA) is 84.9 Å². The number of rotatable bonds is 3. The van der Waals surface area contributed by atoms with Gasteiger partial charge in [-0.2, -0.15) is 0 Å². The van der Waals surface area contributed by atoms with Gasteiger partial charge in [-0.15, -0.1) is 0 Å². The van der Waals surface area contributed by atoms with Gasteiger partial charge in [0.15, 0.2) is 0 Å².